The lowest BCUT2D eigenvalue weighted by Crippen LogP contribution is -2.24. The number of amides is 1. The van der Waals surface area contributed by atoms with E-state index >= 15 is 0 Å². The Morgan fingerprint density at radius 2 is 1.70 bits per heavy atom. The molecule has 0 aliphatic rings. The zero-order chi connectivity index (χ0) is 26.0. The van der Waals surface area contributed by atoms with Crippen molar-refractivity contribution in [1.82, 2.24) is 20.1 Å². The summed E-state index contributed by atoms with van der Waals surface area (Å²) in [7, 11) is 0. The fourth-order valence-electron chi connectivity index (χ4n) is 3.98. The number of benzene rings is 3. The number of nitrogens with one attached hydrogen (secondary N) is 1. The number of thioether (sulfide) groups is 1. The second-order valence-corrected chi connectivity index (χ2v) is 10.6. The molecule has 0 bridgehead atoms. The Kier molecular flexibility index (Phi) is 10.1. The Bertz CT molecular complexity index is 1310. The summed E-state index contributed by atoms with van der Waals surface area (Å²) >= 11 is 14.2. The Morgan fingerprint density at radius 3 is 2.43 bits per heavy atom. The first-order chi connectivity index (χ1) is 18.0. The maximum Gasteiger partial charge on any atom is 0.251 e. The molecule has 0 saturated carbocycles. The SMILES string of the molecule is CCCCCCc1ccc(C(=O)NCc2nnc(SCc3ccccc3)n2-c2ccc(Cl)cc2Cl)cc1. The average Bonchev–Trinajstić information content (AvgIpc) is 3.32. The lowest BCUT2D eigenvalue weighted by Gasteiger charge is -2.13. The van der Waals surface area contributed by atoms with Crippen molar-refractivity contribution in [2.24, 2.45) is 0 Å². The van der Waals surface area contributed by atoms with Gasteiger partial charge in [-0.1, -0.05) is 104 Å². The molecule has 5 nitrogen and oxygen atoms in total. The van der Waals surface area contributed by atoms with E-state index < -0.39 is 0 Å². The van der Waals surface area contributed by atoms with Gasteiger partial charge in [0.25, 0.3) is 5.91 Å². The fourth-order valence-corrected chi connectivity index (χ4v) is 5.39. The van der Waals surface area contributed by atoms with E-state index in [4.69, 9.17) is 23.2 Å². The van der Waals surface area contributed by atoms with E-state index in [2.05, 4.69) is 34.6 Å². The van der Waals surface area contributed by atoms with E-state index in [0.29, 0.717) is 32.3 Å². The van der Waals surface area contributed by atoms with Gasteiger partial charge in [-0.15, -0.1) is 10.2 Å². The molecule has 0 aliphatic heterocycles. The smallest absolute Gasteiger partial charge is 0.251 e. The fraction of sp³-hybridized carbons (Fsp3) is 0.276. The molecule has 3 aromatic carbocycles. The van der Waals surface area contributed by atoms with Crippen molar-refractivity contribution in [3.63, 3.8) is 0 Å². The first kappa shape index (κ1) is 27.2. The molecule has 8 heteroatoms. The van der Waals surface area contributed by atoms with Crippen LogP contribution in [0.3, 0.4) is 0 Å². The summed E-state index contributed by atoms with van der Waals surface area (Å²) in [5, 5.41) is 13.5. The number of carbonyl (C=O) groups excluding carboxylic acids is 1. The van der Waals surface area contributed by atoms with Crippen LogP contribution in [0.4, 0.5) is 0 Å². The lowest BCUT2D eigenvalue weighted by atomic mass is 10.0. The second kappa shape index (κ2) is 13.7. The van der Waals surface area contributed by atoms with Gasteiger partial charge in [-0.05, 0) is 54.3 Å². The minimum atomic E-state index is -0.159. The van der Waals surface area contributed by atoms with Crippen LogP contribution in [0, 0.1) is 0 Å². The second-order valence-electron chi connectivity index (χ2n) is 8.79. The first-order valence-corrected chi connectivity index (χ1v) is 14.2. The number of aryl methyl sites for hydroxylation is 1. The van der Waals surface area contributed by atoms with Crippen LogP contribution < -0.4 is 5.32 Å². The number of hydrogen-bond donors (Lipinski definition) is 1. The molecule has 4 rings (SSSR count). The van der Waals surface area contributed by atoms with Gasteiger partial charge in [0.15, 0.2) is 11.0 Å². The third-order valence-electron chi connectivity index (χ3n) is 6.00. The van der Waals surface area contributed by atoms with E-state index in [9.17, 15) is 4.79 Å². The Hall–Kier alpha value is -2.80. The molecule has 1 amide bonds. The molecule has 37 heavy (non-hydrogen) atoms. The molecule has 1 heterocycles. The van der Waals surface area contributed by atoms with Gasteiger partial charge >= 0.3 is 0 Å². The molecule has 0 radical (unpaired) electrons. The number of aromatic nitrogens is 3. The van der Waals surface area contributed by atoms with Crippen LogP contribution in [0.2, 0.25) is 10.0 Å². The summed E-state index contributed by atoms with van der Waals surface area (Å²) in [6.45, 7) is 2.42. The van der Waals surface area contributed by atoms with Gasteiger partial charge in [-0.2, -0.15) is 0 Å². The zero-order valence-corrected chi connectivity index (χ0v) is 23.1. The van der Waals surface area contributed by atoms with Gasteiger partial charge in [0, 0.05) is 16.3 Å². The highest BCUT2D eigenvalue weighted by Crippen LogP contribution is 2.30. The molecular weight excluding hydrogens is 523 g/mol. The molecule has 0 saturated heterocycles. The number of carbonyl (C=O) groups is 1. The summed E-state index contributed by atoms with van der Waals surface area (Å²) in [6, 6.07) is 23.3. The summed E-state index contributed by atoms with van der Waals surface area (Å²) in [4.78, 5) is 12.9. The third kappa shape index (κ3) is 7.60. The predicted molar refractivity (Wildman–Crippen MR) is 153 cm³/mol. The van der Waals surface area contributed by atoms with Crippen molar-refractivity contribution < 1.29 is 4.79 Å². The van der Waals surface area contributed by atoms with Gasteiger partial charge in [-0.3, -0.25) is 9.36 Å². The van der Waals surface area contributed by atoms with Crippen LogP contribution in [-0.4, -0.2) is 20.7 Å². The van der Waals surface area contributed by atoms with Gasteiger partial charge < -0.3 is 5.32 Å². The number of hydrogen-bond acceptors (Lipinski definition) is 4. The van der Waals surface area contributed by atoms with Crippen LogP contribution in [0.15, 0.2) is 78.0 Å². The summed E-state index contributed by atoms with van der Waals surface area (Å²) in [5.74, 6) is 1.15. The van der Waals surface area contributed by atoms with Gasteiger partial charge in [0.2, 0.25) is 0 Å². The van der Waals surface area contributed by atoms with Crippen LogP contribution in [-0.2, 0) is 18.7 Å². The van der Waals surface area contributed by atoms with Crippen molar-refractivity contribution in [3.8, 4) is 5.69 Å². The summed E-state index contributed by atoms with van der Waals surface area (Å²) < 4.78 is 1.88. The number of unbranched alkanes of at least 4 members (excludes halogenated alkanes) is 3. The molecule has 0 aliphatic carbocycles. The monoisotopic (exact) mass is 552 g/mol. The van der Waals surface area contributed by atoms with Crippen molar-refractivity contribution in [3.05, 3.63) is 105 Å². The molecule has 0 fully saturated rings. The molecule has 1 N–H and O–H groups in total. The summed E-state index contributed by atoms with van der Waals surface area (Å²) in [5.41, 5.74) is 3.76. The highest BCUT2D eigenvalue weighted by Gasteiger charge is 2.18. The van der Waals surface area contributed by atoms with Crippen molar-refractivity contribution in [1.29, 1.82) is 0 Å². The van der Waals surface area contributed by atoms with E-state index in [0.717, 1.165) is 12.2 Å². The minimum Gasteiger partial charge on any atom is -0.345 e. The van der Waals surface area contributed by atoms with Crippen LogP contribution in [0.25, 0.3) is 5.69 Å². The third-order valence-corrected chi connectivity index (χ3v) is 7.54. The Morgan fingerprint density at radius 1 is 0.919 bits per heavy atom. The predicted octanol–water partition coefficient (Wildman–Crippen LogP) is 7.92. The minimum absolute atomic E-state index is 0.159. The molecule has 0 unspecified atom stereocenters. The van der Waals surface area contributed by atoms with E-state index in [1.54, 1.807) is 23.9 Å². The Balaban J connectivity index is 1.47. The van der Waals surface area contributed by atoms with E-state index in [-0.39, 0.29) is 12.5 Å². The quantitative estimate of drug-likeness (QED) is 0.143. The van der Waals surface area contributed by atoms with Crippen LogP contribution in [0.1, 0.15) is 59.9 Å². The van der Waals surface area contributed by atoms with Crippen molar-refractivity contribution in [2.75, 3.05) is 0 Å². The highest BCUT2D eigenvalue weighted by molar-refractivity contribution is 7.98. The number of halogens is 2. The van der Waals surface area contributed by atoms with Gasteiger partial charge in [0.1, 0.15) is 0 Å². The van der Waals surface area contributed by atoms with Crippen LogP contribution >= 0.6 is 35.0 Å². The topological polar surface area (TPSA) is 59.8 Å². The summed E-state index contributed by atoms with van der Waals surface area (Å²) in [6.07, 6.45) is 5.94. The number of rotatable bonds is 12. The molecule has 4 aromatic rings. The number of nitrogens with zero attached hydrogens (tertiary/aromatic N) is 3. The van der Waals surface area contributed by atoms with Gasteiger partial charge in [-0.25, -0.2) is 0 Å². The lowest BCUT2D eigenvalue weighted by molar-refractivity contribution is 0.0949. The normalized spacial score (nSPS) is 11.0. The van der Waals surface area contributed by atoms with Crippen molar-refractivity contribution in [2.45, 2.75) is 56.5 Å². The van der Waals surface area contributed by atoms with Gasteiger partial charge in [0.05, 0.1) is 17.3 Å². The molecule has 192 valence electrons. The molecule has 0 spiro atoms. The molecule has 1 aromatic heterocycles. The standard InChI is InChI=1S/C29H30Cl2N4OS/c1-2-3-4-6-9-21-12-14-23(15-13-21)28(36)32-19-27-33-34-29(37-20-22-10-7-5-8-11-22)35(27)26-17-16-24(30)18-25(26)31/h5,7-8,10-18H,2-4,6,9,19-20H2,1H3,(H,32,36). The maximum absolute atomic E-state index is 12.9. The van der Waals surface area contributed by atoms with Crippen molar-refractivity contribution >= 4 is 40.9 Å². The largest absolute Gasteiger partial charge is 0.345 e. The zero-order valence-electron chi connectivity index (χ0n) is 20.8. The van der Waals surface area contributed by atoms with E-state index in [1.807, 2.05) is 53.1 Å². The molecular formula is C29H30Cl2N4OS. The van der Waals surface area contributed by atoms with E-state index in [1.165, 1.54) is 36.8 Å². The average molecular weight is 554 g/mol. The van der Waals surface area contributed by atoms with Crippen LogP contribution in [0.5, 0.6) is 0 Å². The first-order valence-electron chi connectivity index (χ1n) is 12.5. The molecule has 0 atom stereocenters. The Labute approximate surface area is 232 Å². The highest BCUT2D eigenvalue weighted by atomic mass is 35.5. The maximum atomic E-state index is 12.9.